The standard InChI is InChI=1S/C20H20N4O3S/c1-13(25)21-11-14-3-5-15(6-4-14)18(26)12-28-20-22-19(23-24-20)16-7-9-17(27-2)10-8-16/h3-10H,11-12H2,1-2H3,(H,21,25)(H,22,23,24). The first-order valence-corrected chi connectivity index (χ1v) is 9.60. The van der Waals surface area contributed by atoms with Crippen molar-refractivity contribution in [1.82, 2.24) is 20.5 Å². The van der Waals surface area contributed by atoms with Gasteiger partial charge in [0.2, 0.25) is 11.1 Å². The fourth-order valence-corrected chi connectivity index (χ4v) is 3.13. The molecule has 2 N–H and O–H groups in total. The fourth-order valence-electron chi connectivity index (χ4n) is 2.44. The minimum atomic E-state index is -0.0861. The van der Waals surface area contributed by atoms with Gasteiger partial charge in [-0.05, 0) is 29.8 Å². The molecule has 28 heavy (non-hydrogen) atoms. The summed E-state index contributed by atoms with van der Waals surface area (Å²) in [5, 5.41) is 10.3. The number of ether oxygens (including phenoxy) is 1. The van der Waals surface area contributed by atoms with Gasteiger partial charge in [-0.25, -0.2) is 4.98 Å². The number of nitrogens with one attached hydrogen (secondary N) is 2. The predicted octanol–water partition coefficient (Wildman–Crippen LogP) is 3.09. The molecule has 0 unspecified atom stereocenters. The highest BCUT2D eigenvalue weighted by Crippen LogP contribution is 2.22. The maximum atomic E-state index is 12.4. The van der Waals surface area contributed by atoms with Gasteiger partial charge in [0.15, 0.2) is 11.6 Å². The van der Waals surface area contributed by atoms with Crippen molar-refractivity contribution in [2.75, 3.05) is 12.9 Å². The van der Waals surface area contributed by atoms with Crippen molar-refractivity contribution in [3.63, 3.8) is 0 Å². The third-order valence-electron chi connectivity index (χ3n) is 3.98. The van der Waals surface area contributed by atoms with Crippen LogP contribution in [0.15, 0.2) is 53.7 Å². The van der Waals surface area contributed by atoms with Crippen molar-refractivity contribution in [3.05, 3.63) is 59.7 Å². The van der Waals surface area contributed by atoms with Crippen LogP contribution in [-0.4, -0.2) is 39.7 Å². The molecule has 2 aromatic carbocycles. The lowest BCUT2D eigenvalue weighted by Crippen LogP contribution is -2.18. The van der Waals surface area contributed by atoms with Gasteiger partial charge in [0, 0.05) is 24.6 Å². The van der Waals surface area contributed by atoms with Gasteiger partial charge in [0.1, 0.15) is 5.75 Å². The summed E-state index contributed by atoms with van der Waals surface area (Å²) >= 11 is 1.28. The number of benzene rings is 2. The molecule has 0 aliphatic heterocycles. The highest BCUT2D eigenvalue weighted by Gasteiger charge is 2.11. The molecule has 0 aliphatic carbocycles. The molecule has 144 valence electrons. The number of H-pyrrole nitrogens is 1. The number of nitrogens with zero attached hydrogens (tertiary/aromatic N) is 2. The number of thioether (sulfide) groups is 1. The lowest BCUT2D eigenvalue weighted by molar-refractivity contribution is -0.119. The SMILES string of the molecule is COc1ccc(-c2nc(SCC(=O)c3ccc(CNC(C)=O)cc3)n[nH]2)cc1. The number of methoxy groups -OCH3 is 1. The van der Waals surface area contributed by atoms with Gasteiger partial charge in [-0.3, -0.25) is 14.7 Å². The Morgan fingerprint density at radius 3 is 2.46 bits per heavy atom. The zero-order valence-corrected chi connectivity index (χ0v) is 16.4. The Bertz CT molecular complexity index is 952. The van der Waals surface area contributed by atoms with Crippen LogP contribution in [0.2, 0.25) is 0 Å². The van der Waals surface area contributed by atoms with E-state index in [0.29, 0.717) is 23.1 Å². The Kier molecular flexibility index (Phi) is 6.44. The van der Waals surface area contributed by atoms with Gasteiger partial charge >= 0.3 is 0 Å². The molecule has 8 heteroatoms. The number of amides is 1. The number of carbonyl (C=O) groups excluding carboxylic acids is 2. The van der Waals surface area contributed by atoms with E-state index in [0.717, 1.165) is 16.9 Å². The fraction of sp³-hybridized carbons (Fsp3) is 0.200. The number of Topliss-reactive ketones (excluding diaryl/α,β-unsaturated/α-hetero) is 1. The number of carbonyl (C=O) groups is 2. The number of hydrogen-bond donors (Lipinski definition) is 2. The van der Waals surface area contributed by atoms with E-state index in [2.05, 4.69) is 20.5 Å². The molecule has 3 rings (SSSR count). The molecule has 0 saturated carbocycles. The van der Waals surface area contributed by atoms with Crippen molar-refractivity contribution >= 4 is 23.5 Å². The summed E-state index contributed by atoms with van der Waals surface area (Å²) in [6, 6.07) is 14.7. The van der Waals surface area contributed by atoms with Crippen LogP contribution in [0.3, 0.4) is 0 Å². The Balaban J connectivity index is 1.55. The van der Waals surface area contributed by atoms with Crippen LogP contribution in [-0.2, 0) is 11.3 Å². The molecule has 1 heterocycles. The second kappa shape index (κ2) is 9.18. The molecule has 0 aliphatic rings. The maximum Gasteiger partial charge on any atom is 0.217 e. The number of rotatable bonds is 8. The molecule has 0 atom stereocenters. The van der Waals surface area contributed by atoms with E-state index in [9.17, 15) is 9.59 Å². The van der Waals surface area contributed by atoms with Crippen molar-refractivity contribution in [1.29, 1.82) is 0 Å². The summed E-state index contributed by atoms with van der Waals surface area (Å²) in [6.07, 6.45) is 0. The summed E-state index contributed by atoms with van der Waals surface area (Å²) in [5.74, 6) is 1.56. The van der Waals surface area contributed by atoms with E-state index in [-0.39, 0.29) is 17.4 Å². The molecule has 1 aromatic heterocycles. The van der Waals surface area contributed by atoms with E-state index in [1.54, 1.807) is 19.2 Å². The summed E-state index contributed by atoms with van der Waals surface area (Å²) in [4.78, 5) is 27.7. The first-order valence-electron chi connectivity index (χ1n) is 8.61. The summed E-state index contributed by atoms with van der Waals surface area (Å²) in [6.45, 7) is 1.92. The van der Waals surface area contributed by atoms with Gasteiger partial charge < -0.3 is 10.1 Å². The van der Waals surface area contributed by atoms with Crippen LogP contribution in [0.1, 0.15) is 22.8 Å². The van der Waals surface area contributed by atoms with Crippen LogP contribution in [0.25, 0.3) is 11.4 Å². The number of ketones is 1. The smallest absolute Gasteiger partial charge is 0.217 e. The third-order valence-corrected chi connectivity index (χ3v) is 4.83. The molecule has 7 nitrogen and oxygen atoms in total. The van der Waals surface area contributed by atoms with Gasteiger partial charge in [-0.15, -0.1) is 5.10 Å². The Labute approximate surface area is 166 Å². The van der Waals surface area contributed by atoms with E-state index in [1.165, 1.54) is 18.7 Å². The Morgan fingerprint density at radius 2 is 1.82 bits per heavy atom. The largest absolute Gasteiger partial charge is 0.497 e. The molecule has 0 fully saturated rings. The zero-order valence-electron chi connectivity index (χ0n) is 15.6. The molecule has 1 amide bonds. The first kappa shape index (κ1) is 19.6. The van der Waals surface area contributed by atoms with Crippen LogP contribution < -0.4 is 10.1 Å². The molecule has 0 bridgehead atoms. The van der Waals surface area contributed by atoms with Crippen molar-refractivity contribution < 1.29 is 14.3 Å². The molecule has 0 spiro atoms. The van der Waals surface area contributed by atoms with E-state index < -0.39 is 0 Å². The van der Waals surface area contributed by atoms with Crippen LogP contribution in [0.5, 0.6) is 5.75 Å². The normalized spacial score (nSPS) is 10.5. The number of aromatic nitrogens is 3. The lowest BCUT2D eigenvalue weighted by atomic mass is 10.1. The van der Waals surface area contributed by atoms with Crippen LogP contribution in [0, 0.1) is 0 Å². The third kappa shape index (κ3) is 5.20. The quantitative estimate of drug-likeness (QED) is 0.449. The minimum absolute atomic E-state index is 0.00752. The predicted molar refractivity (Wildman–Crippen MR) is 107 cm³/mol. The van der Waals surface area contributed by atoms with Gasteiger partial charge in [-0.1, -0.05) is 36.0 Å². The molecule has 3 aromatic rings. The summed E-state index contributed by atoms with van der Waals surface area (Å²) < 4.78 is 5.14. The van der Waals surface area contributed by atoms with Gasteiger partial charge in [0.25, 0.3) is 0 Å². The lowest BCUT2D eigenvalue weighted by Gasteiger charge is -2.04. The molecule has 0 saturated heterocycles. The Hall–Kier alpha value is -3.13. The second-order valence-corrected chi connectivity index (χ2v) is 6.96. The number of aromatic amines is 1. The average molecular weight is 396 g/mol. The van der Waals surface area contributed by atoms with Crippen molar-refractivity contribution in [3.8, 4) is 17.1 Å². The monoisotopic (exact) mass is 396 g/mol. The van der Waals surface area contributed by atoms with E-state index in [1.807, 2.05) is 36.4 Å². The van der Waals surface area contributed by atoms with Crippen LogP contribution >= 0.6 is 11.8 Å². The topological polar surface area (TPSA) is 97.0 Å². The summed E-state index contributed by atoms with van der Waals surface area (Å²) in [5.41, 5.74) is 2.45. The molecular formula is C20H20N4O3S. The van der Waals surface area contributed by atoms with E-state index in [4.69, 9.17) is 4.74 Å². The molecule has 0 radical (unpaired) electrons. The summed E-state index contributed by atoms with van der Waals surface area (Å²) in [7, 11) is 1.62. The van der Waals surface area contributed by atoms with Crippen molar-refractivity contribution in [2.24, 2.45) is 0 Å². The van der Waals surface area contributed by atoms with E-state index >= 15 is 0 Å². The van der Waals surface area contributed by atoms with Gasteiger partial charge in [0.05, 0.1) is 12.9 Å². The first-order chi connectivity index (χ1) is 13.5. The van der Waals surface area contributed by atoms with Gasteiger partial charge in [-0.2, -0.15) is 0 Å². The zero-order chi connectivity index (χ0) is 19.9. The second-order valence-electron chi connectivity index (χ2n) is 6.01. The molecular weight excluding hydrogens is 376 g/mol. The highest BCUT2D eigenvalue weighted by atomic mass is 32.2. The highest BCUT2D eigenvalue weighted by molar-refractivity contribution is 7.99. The Morgan fingerprint density at radius 1 is 1.11 bits per heavy atom. The van der Waals surface area contributed by atoms with Crippen molar-refractivity contribution in [2.45, 2.75) is 18.6 Å². The van der Waals surface area contributed by atoms with Crippen LogP contribution in [0.4, 0.5) is 0 Å². The maximum absolute atomic E-state index is 12.4. The minimum Gasteiger partial charge on any atom is -0.497 e. The number of hydrogen-bond acceptors (Lipinski definition) is 6. The average Bonchev–Trinajstić information content (AvgIpc) is 3.20.